The minimum Gasteiger partial charge on any atom is -0.379 e. The lowest BCUT2D eigenvalue weighted by atomic mass is 10.0. The van der Waals surface area contributed by atoms with E-state index in [0.717, 1.165) is 18.8 Å². The Morgan fingerprint density at radius 1 is 1.24 bits per heavy atom. The monoisotopic (exact) mass is 292 g/mol. The van der Waals surface area contributed by atoms with Crippen LogP contribution in [0.15, 0.2) is 18.2 Å². The second kappa shape index (κ2) is 9.10. The highest BCUT2D eigenvalue weighted by Crippen LogP contribution is 2.25. The summed E-state index contributed by atoms with van der Waals surface area (Å²) in [4.78, 5) is 21.2. The molecule has 0 aliphatic carbocycles. The molecule has 1 aromatic carbocycles. The third-order valence-corrected chi connectivity index (χ3v) is 3.38. The fourth-order valence-corrected chi connectivity index (χ4v) is 2.18. The van der Waals surface area contributed by atoms with Crippen molar-refractivity contribution in [3.05, 3.63) is 33.9 Å². The Morgan fingerprint density at radius 3 is 2.57 bits per heavy atom. The van der Waals surface area contributed by atoms with Crippen LogP contribution in [0.3, 0.4) is 0 Å². The summed E-state index contributed by atoms with van der Waals surface area (Å²) < 4.78 is 0. The molecule has 1 aromatic rings. The van der Waals surface area contributed by atoms with Gasteiger partial charge in [0.1, 0.15) is 12.0 Å². The molecule has 5 nitrogen and oxygen atoms in total. The van der Waals surface area contributed by atoms with Crippen LogP contribution in [-0.4, -0.2) is 17.8 Å². The minimum absolute atomic E-state index is 0.0422. The molecule has 0 bridgehead atoms. The van der Waals surface area contributed by atoms with Gasteiger partial charge in [0.2, 0.25) is 0 Å². The summed E-state index contributed by atoms with van der Waals surface area (Å²) in [6, 6.07) is 4.49. The van der Waals surface area contributed by atoms with Gasteiger partial charge in [0.15, 0.2) is 0 Å². The molecule has 0 saturated carbocycles. The maximum absolute atomic E-state index is 11.0. The number of rotatable bonds is 10. The lowest BCUT2D eigenvalue weighted by Gasteiger charge is -2.08. The van der Waals surface area contributed by atoms with Gasteiger partial charge in [-0.2, -0.15) is 0 Å². The van der Waals surface area contributed by atoms with Crippen molar-refractivity contribution in [2.75, 3.05) is 11.9 Å². The average Bonchev–Trinajstić information content (AvgIpc) is 2.45. The van der Waals surface area contributed by atoms with Gasteiger partial charge in [0, 0.05) is 18.2 Å². The van der Waals surface area contributed by atoms with Crippen LogP contribution in [0.2, 0.25) is 0 Å². The van der Waals surface area contributed by atoms with Crippen LogP contribution in [-0.2, 0) is 0 Å². The highest BCUT2D eigenvalue weighted by Gasteiger charge is 2.13. The van der Waals surface area contributed by atoms with Crippen molar-refractivity contribution in [3.8, 4) is 0 Å². The number of hydrogen-bond donors (Lipinski definition) is 1. The van der Waals surface area contributed by atoms with E-state index in [1.54, 1.807) is 12.1 Å². The van der Waals surface area contributed by atoms with E-state index in [4.69, 9.17) is 0 Å². The van der Waals surface area contributed by atoms with Crippen molar-refractivity contribution in [2.45, 2.75) is 46.0 Å². The second-order valence-electron chi connectivity index (χ2n) is 5.68. The van der Waals surface area contributed by atoms with Crippen LogP contribution in [0, 0.1) is 16.0 Å². The quantitative estimate of drug-likeness (QED) is 0.300. The van der Waals surface area contributed by atoms with E-state index in [-0.39, 0.29) is 5.69 Å². The number of nitrogens with one attached hydrogen (secondary N) is 1. The summed E-state index contributed by atoms with van der Waals surface area (Å²) in [6.07, 6.45) is 6.43. The Balaban J connectivity index is 2.38. The topological polar surface area (TPSA) is 72.2 Å². The SMILES string of the molecule is CC(C)CCCCCCNc1ccc(C=O)cc1[N+](=O)[O-]. The van der Waals surface area contributed by atoms with Gasteiger partial charge in [-0.15, -0.1) is 0 Å². The third-order valence-electron chi connectivity index (χ3n) is 3.38. The molecular formula is C16H24N2O3. The predicted molar refractivity (Wildman–Crippen MR) is 84.9 cm³/mol. The zero-order chi connectivity index (χ0) is 15.7. The molecule has 0 unspecified atom stereocenters. The van der Waals surface area contributed by atoms with Crippen molar-refractivity contribution in [1.82, 2.24) is 0 Å². The maximum atomic E-state index is 11.0. The van der Waals surface area contributed by atoms with Gasteiger partial charge in [-0.3, -0.25) is 14.9 Å². The number of aldehydes is 1. The molecule has 0 aromatic heterocycles. The van der Waals surface area contributed by atoms with E-state index in [9.17, 15) is 14.9 Å². The number of carbonyl (C=O) groups excluding carboxylic acids is 1. The Morgan fingerprint density at radius 2 is 1.95 bits per heavy atom. The van der Waals surface area contributed by atoms with Crippen molar-refractivity contribution in [1.29, 1.82) is 0 Å². The van der Waals surface area contributed by atoms with E-state index >= 15 is 0 Å². The molecule has 21 heavy (non-hydrogen) atoms. The number of benzene rings is 1. The van der Waals surface area contributed by atoms with E-state index < -0.39 is 4.92 Å². The number of hydrogen-bond acceptors (Lipinski definition) is 4. The molecule has 0 aliphatic rings. The fourth-order valence-electron chi connectivity index (χ4n) is 2.18. The molecule has 5 heteroatoms. The number of nitrogens with zero attached hydrogens (tertiary/aromatic N) is 1. The normalized spacial score (nSPS) is 10.6. The lowest BCUT2D eigenvalue weighted by molar-refractivity contribution is -0.384. The van der Waals surface area contributed by atoms with Crippen LogP contribution >= 0.6 is 0 Å². The van der Waals surface area contributed by atoms with Gasteiger partial charge in [-0.05, 0) is 24.5 Å². The van der Waals surface area contributed by atoms with Gasteiger partial charge in [0.25, 0.3) is 5.69 Å². The minimum atomic E-state index is -0.460. The van der Waals surface area contributed by atoms with Crippen LogP contribution in [0.5, 0.6) is 0 Å². The number of unbranched alkanes of at least 4 members (excludes halogenated alkanes) is 3. The first kappa shape index (κ1) is 17.1. The fraction of sp³-hybridized carbons (Fsp3) is 0.562. The van der Waals surface area contributed by atoms with Crippen LogP contribution in [0.4, 0.5) is 11.4 Å². The first-order valence-corrected chi connectivity index (χ1v) is 7.52. The largest absolute Gasteiger partial charge is 0.379 e. The van der Waals surface area contributed by atoms with E-state index in [0.29, 0.717) is 24.1 Å². The number of anilines is 1. The zero-order valence-electron chi connectivity index (χ0n) is 12.8. The maximum Gasteiger partial charge on any atom is 0.293 e. The summed E-state index contributed by atoms with van der Waals surface area (Å²) in [5.41, 5.74) is 0.758. The lowest BCUT2D eigenvalue weighted by Crippen LogP contribution is -2.05. The Labute approximate surface area is 125 Å². The molecule has 1 rings (SSSR count). The highest BCUT2D eigenvalue weighted by molar-refractivity contribution is 5.79. The average molecular weight is 292 g/mol. The van der Waals surface area contributed by atoms with Crippen molar-refractivity contribution in [3.63, 3.8) is 0 Å². The van der Waals surface area contributed by atoms with Crippen molar-refractivity contribution < 1.29 is 9.72 Å². The second-order valence-corrected chi connectivity index (χ2v) is 5.68. The van der Waals surface area contributed by atoms with Gasteiger partial charge in [0.05, 0.1) is 4.92 Å². The standard InChI is InChI=1S/C16H24N2O3/c1-13(2)7-5-3-4-6-10-17-15-9-8-14(12-19)11-16(15)18(20)21/h8-9,11-13,17H,3-7,10H2,1-2H3. The molecule has 0 saturated heterocycles. The Bertz CT molecular complexity index is 473. The molecule has 1 N–H and O–H groups in total. The molecular weight excluding hydrogens is 268 g/mol. The summed E-state index contributed by atoms with van der Waals surface area (Å²) in [6.45, 7) is 5.16. The molecule has 0 atom stereocenters. The van der Waals surface area contributed by atoms with Crippen molar-refractivity contribution >= 4 is 17.7 Å². The molecule has 0 amide bonds. The van der Waals surface area contributed by atoms with Gasteiger partial charge < -0.3 is 5.32 Å². The molecule has 0 spiro atoms. The van der Waals surface area contributed by atoms with Crippen LogP contribution < -0.4 is 5.32 Å². The first-order valence-electron chi connectivity index (χ1n) is 7.52. The van der Waals surface area contributed by atoms with Gasteiger partial charge >= 0.3 is 0 Å². The number of nitro groups is 1. The molecule has 0 heterocycles. The smallest absolute Gasteiger partial charge is 0.293 e. The van der Waals surface area contributed by atoms with E-state index in [2.05, 4.69) is 19.2 Å². The predicted octanol–water partition coefficient (Wildman–Crippen LogP) is 4.43. The zero-order valence-corrected chi connectivity index (χ0v) is 12.8. The molecule has 0 fully saturated rings. The number of nitro benzene ring substituents is 1. The molecule has 0 radical (unpaired) electrons. The summed E-state index contributed by atoms with van der Waals surface area (Å²) in [5, 5.41) is 14.1. The van der Waals surface area contributed by atoms with Gasteiger partial charge in [-0.1, -0.05) is 39.5 Å². The summed E-state index contributed by atoms with van der Waals surface area (Å²) in [5.74, 6) is 0.752. The van der Waals surface area contributed by atoms with Gasteiger partial charge in [-0.25, -0.2) is 0 Å². The van der Waals surface area contributed by atoms with E-state index in [1.165, 1.54) is 25.3 Å². The molecule has 0 aliphatic heterocycles. The van der Waals surface area contributed by atoms with Crippen LogP contribution in [0.25, 0.3) is 0 Å². The van der Waals surface area contributed by atoms with Crippen LogP contribution in [0.1, 0.15) is 56.3 Å². The molecule has 116 valence electrons. The van der Waals surface area contributed by atoms with Crippen molar-refractivity contribution in [2.24, 2.45) is 5.92 Å². The Hall–Kier alpha value is -1.91. The van der Waals surface area contributed by atoms with E-state index in [1.807, 2.05) is 0 Å². The number of carbonyl (C=O) groups is 1. The summed E-state index contributed by atoms with van der Waals surface area (Å²) >= 11 is 0. The third kappa shape index (κ3) is 6.38. The first-order chi connectivity index (χ1) is 10.0. The Kier molecular flexibility index (Phi) is 7.43. The summed E-state index contributed by atoms with van der Waals surface area (Å²) in [7, 11) is 0. The highest BCUT2D eigenvalue weighted by atomic mass is 16.6.